The standard InChI is InChI=1S/C17H14F2N2O2S/c18-12-4-1-3-11(7-12)17-21(16(23)10-24-17)9-15(22)20-14-6-2-5-13(19)8-14/h1-8,17H,9-10H2,(H,20,22)/t17-/m1/s1. The fraction of sp³-hybridized carbons (Fsp3) is 0.176. The van der Waals surface area contributed by atoms with Gasteiger partial charge in [0.15, 0.2) is 0 Å². The van der Waals surface area contributed by atoms with Crippen molar-refractivity contribution in [1.82, 2.24) is 4.90 Å². The van der Waals surface area contributed by atoms with Gasteiger partial charge in [-0.15, -0.1) is 11.8 Å². The molecule has 0 aliphatic carbocycles. The number of amides is 2. The van der Waals surface area contributed by atoms with Gasteiger partial charge in [-0.2, -0.15) is 0 Å². The Balaban J connectivity index is 1.72. The molecule has 0 unspecified atom stereocenters. The van der Waals surface area contributed by atoms with Gasteiger partial charge < -0.3 is 10.2 Å². The van der Waals surface area contributed by atoms with Crippen molar-refractivity contribution in [3.05, 3.63) is 65.7 Å². The predicted molar refractivity (Wildman–Crippen MR) is 88.3 cm³/mol. The highest BCUT2D eigenvalue weighted by Crippen LogP contribution is 2.38. The first-order valence-electron chi connectivity index (χ1n) is 7.25. The van der Waals surface area contributed by atoms with Crippen LogP contribution in [0.3, 0.4) is 0 Å². The predicted octanol–water partition coefficient (Wildman–Crippen LogP) is 3.18. The third-order valence-corrected chi connectivity index (χ3v) is 4.78. The second kappa shape index (κ2) is 7.00. The summed E-state index contributed by atoms with van der Waals surface area (Å²) in [4.78, 5) is 25.6. The monoisotopic (exact) mass is 348 g/mol. The van der Waals surface area contributed by atoms with Crippen LogP contribution in [-0.4, -0.2) is 29.0 Å². The Bertz CT molecular complexity index is 785. The molecule has 2 aromatic rings. The summed E-state index contributed by atoms with van der Waals surface area (Å²) < 4.78 is 26.6. The van der Waals surface area contributed by atoms with E-state index >= 15 is 0 Å². The lowest BCUT2D eigenvalue weighted by atomic mass is 10.2. The fourth-order valence-electron chi connectivity index (χ4n) is 2.48. The van der Waals surface area contributed by atoms with Crippen LogP contribution in [0.1, 0.15) is 10.9 Å². The molecule has 1 atom stereocenters. The number of thioether (sulfide) groups is 1. The summed E-state index contributed by atoms with van der Waals surface area (Å²) in [5.41, 5.74) is 0.950. The van der Waals surface area contributed by atoms with Gasteiger partial charge in [-0.1, -0.05) is 18.2 Å². The average molecular weight is 348 g/mol. The number of anilines is 1. The smallest absolute Gasteiger partial charge is 0.244 e. The van der Waals surface area contributed by atoms with Crippen LogP contribution in [0.15, 0.2) is 48.5 Å². The molecule has 2 aromatic carbocycles. The van der Waals surface area contributed by atoms with Gasteiger partial charge in [-0.25, -0.2) is 8.78 Å². The third kappa shape index (κ3) is 3.73. The van der Waals surface area contributed by atoms with E-state index in [2.05, 4.69) is 5.32 Å². The molecule has 0 bridgehead atoms. The Morgan fingerprint density at radius 3 is 2.58 bits per heavy atom. The van der Waals surface area contributed by atoms with E-state index in [-0.39, 0.29) is 18.2 Å². The first kappa shape index (κ1) is 16.4. The van der Waals surface area contributed by atoms with Crippen molar-refractivity contribution in [2.75, 3.05) is 17.6 Å². The average Bonchev–Trinajstić information content (AvgIpc) is 2.88. The zero-order chi connectivity index (χ0) is 17.1. The largest absolute Gasteiger partial charge is 0.324 e. The van der Waals surface area contributed by atoms with Crippen molar-refractivity contribution < 1.29 is 18.4 Å². The lowest BCUT2D eigenvalue weighted by Gasteiger charge is -2.23. The maximum absolute atomic E-state index is 13.4. The van der Waals surface area contributed by atoms with E-state index in [9.17, 15) is 18.4 Å². The molecular weight excluding hydrogens is 334 g/mol. The van der Waals surface area contributed by atoms with Gasteiger partial charge in [0.1, 0.15) is 23.6 Å². The van der Waals surface area contributed by atoms with Gasteiger partial charge >= 0.3 is 0 Å². The first-order valence-corrected chi connectivity index (χ1v) is 8.30. The molecule has 1 aliphatic heterocycles. The summed E-state index contributed by atoms with van der Waals surface area (Å²) in [6, 6.07) is 11.5. The number of hydrogen-bond acceptors (Lipinski definition) is 3. The van der Waals surface area contributed by atoms with Crippen molar-refractivity contribution in [3.8, 4) is 0 Å². The molecule has 4 nitrogen and oxygen atoms in total. The summed E-state index contributed by atoms with van der Waals surface area (Å²) in [7, 11) is 0. The molecule has 1 aliphatic rings. The Morgan fingerprint density at radius 1 is 1.17 bits per heavy atom. The number of nitrogens with one attached hydrogen (secondary N) is 1. The normalized spacial score (nSPS) is 17.2. The molecule has 0 radical (unpaired) electrons. The van der Waals surface area contributed by atoms with Gasteiger partial charge in [0.05, 0.1) is 5.75 Å². The Kier molecular flexibility index (Phi) is 4.80. The quantitative estimate of drug-likeness (QED) is 0.923. The molecule has 0 saturated carbocycles. The number of hydrogen-bond donors (Lipinski definition) is 1. The summed E-state index contributed by atoms with van der Waals surface area (Å²) in [5, 5.41) is 2.15. The molecule has 24 heavy (non-hydrogen) atoms. The molecular formula is C17H14F2N2O2S. The van der Waals surface area contributed by atoms with Crippen LogP contribution in [0, 0.1) is 11.6 Å². The van der Waals surface area contributed by atoms with E-state index in [0.29, 0.717) is 11.3 Å². The van der Waals surface area contributed by atoms with Gasteiger partial charge in [-0.3, -0.25) is 9.59 Å². The van der Waals surface area contributed by atoms with E-state index in [4.69, 9.17) is 0 Å². The summed E-state index contributed by atoms with van der Waals surface area (Å²) in [5.74, 6) is -1.25. The second-order valence-corrected chi connectivity index (χ2v) is 6.37. The van der Waals surface area contributed by atoms with Crippen LogP contribution in [0.5, 0.6) is 0 Å². The number of nitrogens with zero attached hydrogens (tertiary/aromatic N) is 1. The number of benzene rings is 2. The molecule has 1 fully saturated rings. The van der Waals surface area contributed by atoms with E-state index < -0.39 is 22.9 Å². The lowest BCUT2D eigenvalue weighted by Crippen LogP contribution is -2.36. The van der Waals surface area contributed by atoms with Crippen LogP contribution >= 0.6 is 11.8 Å². The fourth-order valence-corrected chi connectivity index (χ4v) is 3.66. The minimum absolute atomic E-state index is 0.177. The number of rotatable bonds is 4. The third-order valence-electron chi connectivity index (χ3n) is 3.52. The maximum atomic E-state index is 13.4. The van der Waals surface area contributed by atoms with Crippen molar-refractivity contribution in [2.24, 2.45) is 0 Å². The molecule has 1 heterocycles. The van der Waals surface area contributed by atoms with Gasteiger partial charge in [0, 0.05) is 5.69 Å². The number of halogens is 2. The highest BCUT2D eigenvalue weighted by Gasteiger charge is 2.34. The van der Waals surface area contributed by atoms with Gasteiger partial charge in [0.2, 0.25) is 11.8 Å². The van der Waals surface area contributed by atoms with Crippen molar-refractivity contribution in [1.29, 1.82) is 0 Å². The van der Waals surface area contributed by atoms with E-state index in [1.807, 2.05) is 0 Å². The maximum Gasteiger partial charge on any atom is 0.244 e. The van der Waals surface area contributed by atoms with Crippen LogP contribution in [0.25, 0.3) is 0 Å². The van der Waals surface area contributed by atoms with Crippen molar-refractivity contribution in [3.63, 3.8) is 0 Å². The van der Waals surface area contributed by atoms with Gasteiger partial charge in [0.25, 0.3) is 0 Å². The SMILES string of the molecule is O=C(CN1C(=O)CS[C@@H]1c1cccc(F)c1)Nc1cccc(F)c1. The molecule has 2 amide bonds. The zero-order valence-electron chi connectivity index (χ0n) is 12.5. The molecule has 1 saturated heterocycles. The van der Waals surface area contributed by atoms with Crippen LogP contribution in [0.2, 0.25) is 0 Å². The van der Waals surface area contributed by atoms with Crippen LogP contribution in [-0.2, 0) is 9.59 Å². The number of carbonyl (C=O) groups excluding carboxylic acids is 2. The number of carbonyl (C=O) groups is 2. The summed E-state index contributed by atoms with van der Waals surface area (Å²) in [6.45, 7) is -0.177. The van der Waals surface area contributed by atoms with Crippen molar-refractivity contribution in [2.45, 2.75) is 5.37 Å². The highest BCUT2D eigenvalue weighted by molar-refractivity contribution is 8.00. The van der Waals surface area contributed by atoms with Crippen molar-refractivity contribution >= 4 is 29.3 Å². The van der Waals surface area contributed by atoms with Crippen LogP contribution < -0.4 is 5.32 Å². The Hall–Kier alpha value is -2.41. The second-order valence-electron chi connectivity index (χ2n) is 5.30. The molecule has 7 heteroatoms. The summed E-state index contributed by atoms with van der Waals surface area (Å²) in [6.07, 6.45) is 0. The van der Waals surface area contributed by atoms with E-state index in [1.165, 1.54) is 47.0 Å². The molecule has 0 spiro atoms. The lowest BCUT2D eigenvalue weighted by molar-refractivity contribution is -0.132. The minimum Gasteiger partial charge on any atom is -0.324 e. The Morgan fingerprint density at radius 2 is 1.88 bits per heavy atom. The molecule has 124 valence electrons. The van der Waals surface area contributed by atoms with Crippen LogP contribution in [0.4, 0.5) is 14.5 Å². The molecule has 3 rings (SSSR count). The Labute approximate surface area is 141 Å². The topological polar surface area (TPSA) is 49.4 Å². The summed E-state index contributed by atoms with van der Waals surface area (Å²) >= 11 is 1.34. The zero-order valence-corrected chi connectivity index (χ0v) is 13.4. The van der Waals surface area contributed by atoms with Gasteiger partial charge in [-0.05, 0) is 35.9 Å². The molecule has 0 aromatic heterocycles. The minimum atomic E-state index is -0.460. The molecule has 1 N–H and O–H groups in total. The van der Waals surface area contributed by atoms with E-state index in [0.717, 1.165) is 0 Å². The highest BCUT2D eigenvalue weighted by atomic mass is 32.2. The first-order chi connectivity index (χ1) is 11.5. The van der Waals surface area contributed by atoms with E-state index in [1.54, 1.807) is 18.2 Å².